The Kier molecular flexibility index (Phi) is 19.0. The number of rotatable bonds is 21. The van der Waals surface area contributed by atoms with Crippen molar-refractivity contribution in [3.05, 3.63) is 58.6 Å². The Balaban J connectivity index is 0.000000281. The van der Waals surface area contributed by atoms with Gasteiger partial charge in [-0.15, -0.1) is 11.3 Å². The number of nitrogens with zero attached hydrogens (tertiary/aromatic N) is 1. The number of methoxy groups -OCH3 is 3. The number of amides is 1. The number of hydrogen-bond acceptors (Lipinski definition) is 16. The van der Waals surface area contributed by atoms with E-state index >= 15 is 0 Å². The zero-order chi connectivity index (χ0) is 41.2. The minimum atomic E-state index is -3.29. The first kappa shape index (κ1) is 45.9. The molecule has 2 aliphatic heterocycles. The molecule has 4 atom stereocenters. The molecule has 0 radical (unpaired) electrons. The van der Waals surface area contributed by atoms with Gasteiger partial charge in [0, 0.05) is 50.1 Å². The van der Waals surface area contributed by atoms with E-state index in [0.29, 0.717) is 84.6 Å². The van der Waals surface area contributed by atoms with Gasteiger partial charge in [-0.1, -0.05) is 0 Å². The average Bonchev–Trinajstić information content (AvgIpc) is 3.97. The molecule has 2 aromatic carbocycles. The second-order valence-corrected chi connectivity index (χ2v) is 16.0. The van der Waals surface area contributed by atoms with Crippen LogP contribution in [0.3, 0.4) is 0 Å². The molecule has 0 saturated carbocycles. The molecule has 1 N–H and O–H groups in total. The first-order chi connectivity index (χ1) is 27.5. The summed E-state index contributed by atoms with van der Waals surface area (Å²) in [6.07, 6.45) is 1.21. The zero-order valence-electron chi connectivity index (χ0n) is 33.6. The molecule has 0 aliphatic carbocycles. The summed E-state index contributed by atoms with van der Waals surface area (Å²) in [5, 5.41) is 4.89. The van der Waals surface area contributed by atoms with E-state index in [0.717, 1.165) is 12.8 Å². The van der Waals surface area contributed by atoms with E-state index < -0.39 is 13.6 Å². The molecule has 2 aliphatic rings. The zero-order valence-corrected chi connectivity index (χ0v) is 35.4. The molecule has 2 saturated heterocycles. The normalized spacial score (nSPS) is 17.5. The van der Waals surface area contributed by atoms with Crippen LogP contribution in [0.2, 0.25) is 0 Å². The number of aromatic nitrogens is 1. The molecule has 16 nitrogen and oxygen atoms in total. The number of carbonyl (C=O) groups is 2. The highest BCUT2D eigenvalue weighted by molar-refractivity contribution is 7.53. The molecular weight excluding hydrogens is 783 g/mol. The van der Waals surface area contributed by atoms with E-state index in [2.05, 4.69) is 10.3 Å². The van der Waals surface area contributed by atoms with E-state index in [-0.39, 0.29) is 49.7 Å². The van der Waals surface area contributed by atoms with Gasteiger partial charge in [-0.2, -0.15) is 0 Å². The number of carbonyl (C=O) groups excluding carboxylic acids is 2. The van der Waals surface area contributed by atoms with Crippen molar-refractivity contribution in [2.45, 2.75) is 71.1 Å². The van der Waals surface area contributed by atoms with E-state index in [1.54, 1.807) is 69.8 Å². The van der Waals surface area contributed by atoms with Gasteiger partial charge >= 0.3 is 13.6 Å². The lowest BCUT2D eigenvalue weighted by Crippen LogP contribution is -2.20. The van der Waals surface area contributed by atoms with Gasteiger partial charge < -0.3 is 51.7 Å². The monoisotopic (exact) mass is 838 g/mol. The molecule has 0 spiro atoms. The molecule has 1 aromatic heterocycles. The van der Waals surface area contributed by atoms with Crippen LogP contribution in [0.5, 0.6) is 23.0 Å². The van der Waals surface area contributed by atoms with Crippen molar-refractivity contribution < 1.29 is 65.8 Å². The Bertz CT molecular complexity index is 1740. The van der Waals surface area contributed by atoms with Crippen LogP contribution in [0.25, 0.3) is 0 Å². The van der Waals surface area contributed by atoms with Crippen molar-refractivity contribution in [1.29, 1.82) is 0 Å². The predicted molar refractivity (Wildman–Crippen MR) is 212 cm³/mol. The van der Waals surface area contributed by atoms with E-state index in [1.165, 1.54) is 18.4 Å². The van der Waals surface area contributed by atoms with Crippen LogP contribution < -0.4 is 24.3 Å². The summed E-state index contributed by atoms with van der Waals surface area (Å²) in [5.74, 6) is 1.31. The highest BCUT2D eigenvalue weighted by Crippen LogP contribution is 2.51. The standard InChI is InChI=1S/C23H33N2O8PS.C16H22O6/c1-5-30-34(27,31-6-2)14-18-15-35-23(24-18)25-22(26)17-9-20(32-16(3)12-28-4)11-21(10-17)33-19-7-8-29-13-19;1-11(9-18-2)21-14-6-12(16(17)19-3)7-15(8-14)22-13-4-5-20-10-13/h9-11,15-16,19H,5-8,12-14H2,1-4H3,(H,24,25,26);6-8,11,13H,4-5,9-10H2,1-3H3/t16-,19-;11-,13-/m00/s1. The largest absolute Gasteiger partial charge is 0.488 e. The molecule has 57 heavy (non-hydrogen) atoms. The number of ether oxygens (including phenoxy) is 9. The fourth-order valence-electron chi connectivity index (χ4n) is 5.71. The highest BCUT2D eigenvalue weighted by Gasteiger charge is 2.26. The minimum absolute atomic E-state index is 0.00264. The van der Waals surface area contributed by atoms with Gasteiger partial charge in [-0.25, -0.2) is 9.78 Å². The lowest BCUT2D eigenvalue weighted by Gasteiger charge is -2.17. The fourth-order valence-corrected chi connectivity index (χ4v) is 8.14. The summed E-state index contributed by atoms with van der Waals surface area (Å²) in [5.41, 5.74) is 1.26. The number of nitrogens with one attached hydrogen (secondary N) is 1. The molecule has 0 unspecified atom stereocenters. The molecular formula is C39H55N2O14PS. The van der Waals surface area contributed by atoms with Gasteiger partial charge in [-0.05, 0) is 52.0 Å². The van der Waals surface area contributed by atoms with Crippen LogP contribution in [-0.2, 0) is 43.5 Å². The van der Waals surface area contributed by atoms with Gasteiger partial charge in [0.05, 0.1) is 77.4 Å². The lowest BCUT2D eigenvalue weighted by atomic mass is 10.2. The van der Waals surface area contributed by atoms with Crippen LogP contribution in [0, 0.1) is 0 Å². The Labute approximate surface area is 338 Å². The molecule has 2 fully saturated rings. The summed E-state index contributed by atoms with van der Waals surface area (Å²) in [4.78, 5) is 29.2. The van der Waals surface area contributed by atoms with Gasteiger partial charge in [0.15, 0.2) is 5.13 Å². The maximum Gasteiger partial charge on any atom is 0.338 e. The minimum Gasteiger partial charge on any atom is -0.488 e. The Morgan fingerprint density at radius 3 is 1.79 bits per heavy atom. The van der Waals surface area contributed by atoms with Crippen molar-refractivity contribution in [3.8, 4) is 23.0 Å². The summed E-state index contributed by atoms with van der Waals surface area (Å²) in [7, 11) is 1.26. The molecule has 3 heterocycles. The number of hydrogen-bond donors (Lipinski definition) is 1. The Morgan fingerprint density at radius 1 is 0.807 bits per heavy atom. The summed E-state index contributed by atoms with van der Waals surface area (Å²) in [6.45, 7) is 11.1. The highest BCUT2D eigenvalue weighted by atomic mass is 32.1. The first-order valence-corrected chi connectivity index (χ1v) is 21.4. The first-order valence-electron chi connectivity index (χ1n) is 18.8. The third kappa shape index (κ3) is 15.5. The van der Waals surface area contributed by atoms with Crippen LogP contribution in [0.4, 0.5) is 5.13 Å². The topological polar surface area (TPSA) is 178 Å². The van der Waals surface area contributed by atoms with Crippen LogP contribution >= 0.6 is 18.9 Å². The van der Waals surface area contributed by atoms with Crippen molar-refractivity contribution >= 4 is 35.9 Å². The maximum absolute atomic E-state index is 13.1. The molecule has 5 rings (SSSR count). The molecule has 1 amide bonds. The number of benzene rings is 2. The van der Waals surface area contributed by atoms with Crippen molar-refractivity contribution in [2.24, 2.45) is 0 Å². The molecule has 3 aromatic rings. The third-order valence-electron chi connectivity index (χ3n) is 8.08. The van der Waals surface area contributed by atoms with Crippen molar-refractivity contribution in [2.75, 3.05) is 79.5 Å². The van der Waals surface area contributed by atoms with Crippen LogP contribution in [0.15, 0.2) is 41.8 Å². The second kappa shape index (κ2) is 23.6. The maximum atomic E-state index is 13.1. The summed E-state index contributed by atoms with van der Waals surface area (Å²) < 4.78 is 72.6. The number of esters is 1. The number of thiazole rings is 1. The smallest absolute Gasteiger partial charge is 0.338 e. The van der Waals surface area contributed by atoms with Crippen LogP contribution in [-0.4, -0.2) is 115 Å². The van der Waals surface area contributed by atoms with Crippen LogP contribution in [0.1, 0.15) is 66.9 Å². The van der Waals surface area contributed by atoms with Gasteiger partial charge in [-0.3, -0.25) is 14.7 Å². The Morgan fingerprint density at radius 2 is 1.32 bits per heavy atom. The number of anilines is 1. The molecule has 18 heteroatoms. The SMILES string of the molecule is CCOP(=O)(Cc1csc(NC(=O)c2cc(O[C@H]3CCOC3)cc(O[C@@H](C)COC)c2)n1)OCC.COC[C@H](C)Oc1cc(O[C@H]2CCOC2)cc(C(=O)OC)c1. The Hall–Kier alpha value is -3.80. The average molecular weight is 839 g/mol. The van der Waals surface area contributed by atoms with E-state index in [9.17, 15) is 14.2 Å². The van der Waals surface area contributed by atoms with Gasteiger partial charge in [0.25, 0.3) is 5.91 Å². The van der Waals surface area contributed by atoms with E-state index in [4.69, 9.17) is 51.7 Å². The van der Waals surface area contributed by atoms with Crippen molar-refractivity contribution in [3.63, 3.8) is 0 Å². The van der Waals surface area contributed by atoms with Crippen molar-refractivity contribution in [1.82, 2.24) is 4.98 Å². The summed E-state index contributed by atoms with van der Waals surface area (Å²) >= 11 is 1.23. The molecule has 316 valence electrons. The third-order valence-corrected chi connectivity index (χ3v) is 10.9. The summed E-state index contributed by atoms with van der Waals surface area (Å²) in [6, 6.07) is 10.1. The fraction of sp³-hybridized carbons (Fsp3) is 0.564. The lowest BCUT2D eigenvalue weighted by molar-refractivity contribution is 0.0597. The van der Waals surface area contributed by atoms with Gasteiger partial charge in [0.2, 0.25) is 0 Å². The molecule has 0 bridgehead atoms. The quantitative estimate of drug-likeness (QED) is 0.0875. The second-order valence-electron chi connectivity index (χ2n) is 13.1. The van der Waals surface area contributed by atoms with E-state index in [1.807, 2.05) is 13.8 Å². The predicted octanol–water partition coefficient (Wildman–Crippen LogP) is 6.80. The van der Waals surface area contributed by atoms with Gasteiger partial charge in [0.1, 0.15) is 47.4 Å².